The van der Waals surface area contributed by atoms with E-state index in [1.165, 1.54) is 17.0 Å². The van der Waals surface area contributed by atoms with E-state index in [0.29, 0.717) is 24.9 Å². The van der Waals surface area contributed by atoms with E-state index in [4.69, 9.17) is 10.5 Å². The summed E-state index contributed by atoms with van der Waals surface area (Å²) in [5, 5.41) is 0. The number of hydrogen-bond donors (Lipinski definition) is 1. The predicted molar refractivity (Wildman–Crippen MR) is 79.2 cm³/mol. The quantitative estimate of drug-likeness (QED) is 0.865. The van der Waals surface area contributed by atoms with Crippen LogP contribution in [0.4, 0.5) is 13.6 Å². The third kappa shape index (κ3) is 4.16. The highest BCUT2D eigenvalue weighted by atomic mass is 19.1. The number of likely N-dealkylation sites (tertiary alicyclic amines) is 1. The van der Waals surface area contributed by atoms with Gasteiger partial charge in [0.1, 0.15) is 17.2 Å². The summed E-state index contributed by atoms with van der Waals surface area (Å²) in [7, 11) is 0. The first-order chi connectivity index (χ1) is 10.2. The lowest BCUT2D eigenvalue weighted by atomic mass is 9.92. The molecular weight excluding hydrogens is 290 g/mol. The number of piperidine rings is 1. The Bertz CT molecular complexity index is 537. The molecule has 4 nitrogen and oxygen atoms in total. The summed E-state index contributed by atoms with van der Waals surface area (Å²) in [6, 6.07) is 2.69. The van der Waals surface area contributed by atoms with Gasteiger partial charge >= 0.3 is 6.09 Å². The highest BCUT2D eigenvalue weighted by molar-refractivity contribution is 5.69. The lowest BCUT2D eigenvalue weighted by Gasteiger charge is -2.39. The fourth-order valence-electron chi connectivity index (χ4n) is 2.62. The van der Waals surface area contributed by atoms with Crippen LogP contribution >= 0.6 is 0 Å². The second-order valence-electron chi connectivity index (χ2n) is 6.68. The second kappa shape index (κ2) is 6.20. The van der Waals surface area contributed by atoms with Crippen molar-refractivity contribution in [2.45, 2.75) is 51.3 Å². The van der Waals surface area contributed by atoms with E-state index in [-0.39, 0.29) is 6.04 Å². The summed E-state index contributed by atoms with van der Waals surface area (Å²) < 4.78 is 32.3. The Hall–Kier alpha value is -1.69. The van der Waals surface area contributed by atoms with Crippen LogP contribution in [0, 0.1) is 11.6 Å². The van der Waals surface area contributed by atoms with Gasteiger partial charge in [-0.2, -0.15) is 0 Å². The minimum absolute atomic E-state index is 0.116. The summed E-state index contributed by atoms with van der Waals surface area (Å²) >= 11 is 0. The number of hydrogen-bond acceptors (Lipinski definition) is 3. The van der Waals surface area contributed by atoms with Crippen LogP contribution in [0.2, 0.25) is 0 Å². The zero-order chi connectivity index (χ0) is 16.5. The number of amides is 1. The van der Waals surface area contributed by atoms with Crippen LogP contribution in [0.5, 0.6) is 0 Å². The van der Waals surface area contributed by atoms with Crippen molar-refractivity contribution in [1.82, 2.24) is 4.90 Å². The van der Waals surface area contributed by atoms with E-state index >= 15 is 0 Å². The number of rotatable bonds is 1. The monoisotopic (exact) mass is 312 g/mol. The van der Waals surface area contributed by atoms with E-state index in [2.05, 4.69) is 0 Å². The fourth-order valence-corrected chi connectivity index (χ4v) is 2.62. The summed E-state index contributed by atoms with van der Waals surface area (Å²) in [5.74, 6) is -1.34. The first kappa shape index (κ1) is 16.7. The van der Waals surface area contributed by atoms with Gasteiger partial charge in [0.25, 0.3) is 0 Å². The molecule has 0 spiro atoms. The first-order valence-corrected chi connectivity index (χ1v) is 7.37. The van der Waals surface area contributed by atoms with Crippen LogP contribution in [-0.2, 0) is 4.74 Å². The molecular formula is C16H22F2N2O2. The number of ether oxygens (including phenoxy) is 1. The fraction of sp³-hybridized carbons (Fsp3) is 0.562. The van der Waals surface area contributed by atoms with Crippen LogP contribution in [0.15, 0.2) is 18.2 Å². The zero-order valence-electron chi connectivity index (χ0n) is 13.1. The van der Waals surface area contributed by atoms with Gasteiger partial charge in [-0.05, 0) is 51.3 Å². The van der Waals surface area contributed by atoms with Crippen molar-refractivity contribution in [3.05, 3.63) is 35.4 Å². The molecule has 0 aromatic heterocycles. The molecule has 1 aliphatic heterocycles. The summed E-state index contributed by atoms with van der Waals surface area (Å²) in [6.07, 6.45) is 0.587. The first-order valence-electron chi connectivity index (χ1n) is 7.37. The molecule has 2 N–H and O–H groups in total. The third-order valence-corrected chi connectivity index (χ3v) is 3.54. The standard InChI is InChI=1S/C16H22F2N2O2/c1-16(2,3)22-15(21)20-5-4-13(19)9-14(20)10-6-11(17)8-12(18)7-10/h6-8,13-14H,4-5,9,19H2,1-3H3. The van der Waals surface area contributed by atoms with Crippen molar-refractivity contribution >= 4 is 6.09 Å². The number of benzene rings is 1. The second-order valence-corrected chi connectivity index (χ2v) is 6.68. The smallest absolute Gasteiger partial charge is 0.410 e. The zero-order valence-corrected chi connectivity index (χ0v) is 13.1. The molecule has 1 aromatic rings. The highest BCUT2D eigenvalue weighted by Crippen LogP contribution is 2.32. The average Bonchev–Trinajstić information content (AvgIpc) is 2.35. The molecule has 0 aliphatic carbocycles. The molecule has 1 aliphatic rings. The van der Waals surface area contributed by atoms with Crippen molar-refractivity contribution in [2.24, 2.45) is 5.73 Å². The summed E-state index contributed by atoms with van der Waals surface area (Å²) in [5.41, 5.74) is 5.73. The van der Waals surface area contributed by atoms with Crippen LogP contribution in [0.25, 0.3) is 0 Å². The number of carbonyl (C=O) groups excluding carboxylic acids is 1. The van der Waals surface area contributed by atoms with Gasteiger partial charge in [-0.3, -0.25) is 0 Å². The third-order valence-electron chi connectivity index (χ3n) is 3.54. The lowest BCUT2D eigenvalue weighted by molar-refractivity contribution is 0.00788. The minimum Gasteiger partial charge on any atom is -0.444 e. The van der Waals surface area contributed by atoms with Gasteiger partial charge in [0.05, 0.1) is 6.04 Å². The Morgan fingerprint density at radius 3 is 2.41 bits per heavy atom. The van der Waals surface area contributed by atoms with E-state index in [0.717, 1.165) is 6.07 Å². The molecule has 0 saturated carbocycles. The highest BCUT2D eigenvalue weighted by Gasteiger charge is 2.34. The SMILES string of the molecule is CC(C)(C)OC(=O)N1CCC(N)CC1c1cc(F)cc(F)c1. The maximum absolute atomic E-state index is 13.5. The Labute approximate surface area is 129 Å². The van der Waals surface area contributed by atoms with Crippen molar-refractivity contribution in [3.8, 4) is 0 Å². The minimum atomic E-state index is -0.668. The van der Waals surface area contributed by atoms with Gasteiger partial charge in [0.15, 0.2) is 0 Å². The van der Waals surface area contributed by atoms with E-state index in [1.807, 2.05) is 0 Å². The molecule has 0 radical (unpaired) electrons. The molecule has 1 amide bonds. The number of carbonyl (C=O) groups is 1. The average molecular weight is 312 g/mol. The molecule has 2 atom stereocenters. The Morgan fingerprint density at radius 1 is 1.27 bits per heavy atom. The Balaban J connectivity index is 2.29. The molecule has 22 heavy (non-hydrogen) atoms. The van der Waals surface area contributed by atoms with E-state index < -0.39 is 29.4 Å². The van der Waals surface area contributed by atoms with Gasteiger partial charge in [0.2, 0.25) is 0 Å². The normalized spacial score (nSPS) is 22.5. The van der Waals surface area contributed by atoms with Crippen LogP contribution < -0.4 is 5.73 Å². The number of halogens is 2. The maximum atomic E-state index is 13.5. The van der Waals surface area contributed by atoms with Crippen LogP contribution in [0.1, 0.15) is 45.2 Å². The van der Waals surface area contributed by atoms with E-state index in [9.17, 15) is 13.6 Å². The van der Waals surface area contributed by atoms with Gasteiger partial charge in [-0.1, -0.05) is 0 Å². The molecule has 0 bridgehead atoms. The topological polar surface area (TPSA) is 55.6 Å². The lowest BCUT2D eigenvalue weighted by Crippen LogP contribution is -2.46. The van der Waals surface area contributed by atoms with Crippen LogP contribution in [0.3, 0.4) is 0 Å². The van der Waals surface area contributed by atoms with Crippen molar-refractivity contribution in [3.63, 3.8) is 0 Å². The summed E-state index contributed by atoms with van der Waals surface area (Å²) in [4.78, 5) is 13.9. The van der Waals surface area contributed by atoms with Gasteiger partial charge in [0, 0.05) is 18.7 Å². The van der Waals surface area contributed by atoms with Gasteiger partial charge in [-0.15, -0.1) is 0 Å². The summed E-state index contributed by atoms with van der Waals surface area (Å²) in [6.45, 7) is 5.73. The Kier molecular flexibility index (Phi) is 4.70. The molecule has 122 valence electrons. The number of nitrogens with two attached hydrogens (primary N) is 1. The molecule has 1 saturated heterocycles. The molecule has 2 unspecified atom stereocenters. The molecule has 2 rings (SSSR count). The van der Waals surface area contributed by atoms with E-state index in [1.54, 1.807) is 20.8 Å². The predicted octanol–water partition coefficient (Wildman–Crippen LogP) is 3.36. The van der Waals surface area contributed by atoms with Gasteiger partial charge in [-0.25, -0.2) is 13.6 Å². The van der Waals surface area contributed by atoms with Crippen LogP contribution in [-0.4, -0.2) is 29.2 Å². The Morgan fingerprint density at radius 2 is 1.86 bits per heavy atom. The largest absolute Gasteiger partial charge is 0.444 e. The molecule has 1 heterocycles. The molecule has 1 aromatic carbocycles. The van der Waals surface area contributed by atoms with Gasteiger partial charge < -0.3 is 15.4 Å². The molecule has 6 heteroatoms. The van der Waals surface area contributed by atoms with Crippen molar-refractivity contribution in [2.75, 3.05) is 6.54 Å². The van der Waals surface area contributed by atoms with Crippen molar-refractivity contribution in [1.29, 1.82) is 0 Å². The van der Waals surface area contributed by atoms with Crippen molar-refractivity contribution < 1.29 is 18.3 Å². The maximum Gasteiger partial charge on any atom is 0.410 e. The molecule has 1 fully saturated rings. The number of nitrogens with zero attached hydrogens (tertiary/aromatic N) is 1.